The molecule has 0 aromatic carbocycles. The number of carbonyl (C=O) groups is 3. The fourth-order valence-corrected chi connectivity index (χ4v) is 2.93. The first-order valence-electron chi connectivity index (χ1n) is 7.29. The number of hydrogen-bond acceptors (Lipinski definition) is 5. The lowest BCUT2D eigenvalue weighted by Crippen LogP contribution is -2.57. The minimum absolute atomic E-state index is 0.279. The summed E-state index contributed by atoms with van der Waals surface area (Å²) < 4.78 is 10.6. The third-order valence-electron chi connectivity index (χ3n) is 4.15. The molecule has 0 bridgehead atoms. The van der Waals surface area contributed by atoms with E-state index in [1.54, 1.807) is 0 Å². The van der Waals surface area contributed by atoms with Crippen LogP contribution in [0.15, 0.2) is 0 Å². The molecule has 2 rings (SSSR count). The van der Waals surface area contributed by atoms with Crippen LogP contribution in [0.1, 0.15) is 38.5 Å². The third-order valence-corrected chi connectivity index (χ3v) is 4.15. The lowest BCUT2D eigenvalue weighted by Gasteiger charge is -2.37. The number of carbonyl (C=O) groups excluding carboxylic acids is 2. The van der Waals surface area contributed by atoms with Crippen molar-refractivity contribution in [2.45, 2.75) is 50.4 Å². The number of aliphatic carboxylic acids is 1. The van der Waals surface area contributed by atoms with Gasteiger partial charge in [0.15, 0.2) is 0 Å². The number of rotatable bonds is 4. The average Bonchev–Trinajstić information content (AvgIpc) is 2.54. The third kappa shape index (κ3) is 3.08. The van der Waals surface area contributed by atoms with E-state index in [1.165, 1.54) is 7.11 Å². The van der Waals surface area contributed by atoms with E-state index in [9.17, 15) is 19.5 Å². The topological polar surface area (TPSA) is 93.1 Å². The van der Waals surface area contributed by atoms with Crippen molar-refractivity contribution >= 4 is 17.7 Å². The van der Waals surface area contributed by atoms with Crippen molar-refractivity contribution in [3.05, 3.63) is 0 Å². The van der Waals surface area contributed by atoms with Gasteiger partial charge in [-0.1, -0.05) is 0 Å². The standard InChI is InChI=1S/C14H21NO6/c1-20-14(7-3-5-9-21-14)11(16)12(17)15-8-4-2-6-10(15)13(18)19/h10H,2-9H2,1H3,(H,18,19). The molecule has 2 heterocycles. The Balaban J connectivity index is 2.16. The van der Waals surface area contributed by atoms with Gasteiger partial charge in [0.25, 0.3) is 11.7 Å². The highest BCUT2D eigenvalue weighted by Gasteiger charge is 2.48. The molecule has 0 saturated carbocycles. The Kier molecular flexibility index (Phi) is 4.95. The van der Waals surface area contributed by atoms with Crippen molar-refractivity contribution in [1.82, 2.24) is 4.90 Å². The van der Waals surface area contributed by atoms with Crippen LogP contribution in [0.25, 0.3) is 0 Å². The van der Waals surface area contributed by atoms with Gasteiger partial charge in [0.05, 0.1) is 6.61 Å². The number of hydrogen-bond donors (Lipinski definition) is 1. The lowest BCUT2D eigenvalue weighted by atomic mass is 9.97. The first-order valence-corrected chi connectivity index (χ1v) is 7.29. The Morgan fingerprint density at radius 1 is 1.24 bits per heavy atom. The van der Waals surface area contributed by atoms with Crippen LogP contribution >= 0.6 is 0 Å². The zero-order valence-electron chi connectivity index (χ0n) is 12.2. The van der Waals surface area contributed by atoms with Gasteiger partial charge in [-0.05, 0) is 32.1 Å². The molecule has 118 valence electrons. The highest BCUT2D eigenvalue weighted by atomic mass is 16.7. The van der Waals surface area contributed by atoms with E-state index in [0.29, 0.717) is 25.9 Å². The Morgan fingerprint density at radius 2 is 2.00 bits per heavy atom. The van der Waals surface area contributed by atoms with Crippen LogP contribution in [0.2, 0.25) is 0 Å². The number of carboxylic acid groups (broad SMARTS) is 1. The van der Waals surface area contributed by atoms with Crippen molar-refractivity contribution in [3.8, 4) is 0 Å². The van der Waals surface area contributed by atoms with Crippen molar-refractivity contribution in [2.75, 3.05) is 20.3 Å². The number of nitrogens with zero attached hydrogens (tertiary/aromatic N) is 1. The van der Waals surface area contributed by atoms with E-state index in [2.05, 4.69) is 0 Å². The quantitative estimate of drug-likeness (QED) is 0.763. The molecular formula is C14H21NO6. The summed E-state index contributed by atoms with van der Waals surface area (Å²) in [4.78, 5) is 37.3. The van der Waals surface area contributed by atoms with Crippen LogP contribution in [0.5, 0.6) is 0 Å². The summed E-state index contributed by atoms with van der Waals surface area (Å²) in [5.41, 5.74) is 0. The van der Waals surface area contributed by atoms with Crippen molar-refractivity contribution in [3.63, 3.8) is 0 Å². The summed E-state index contributed by atoms with van der Waals surface area (Å²) in [6.07, 6.45) is 3.67. The fourth-order valence-electron chi connectivity index (χ4n) is 2.93. The minimum atomic E-state index is -1.55. The number of methoxy groups -OCH3 is 1. The molecule has 0 aromatic heterocycles. The first kappa shape index (κ1) is 15.9. The maximum absolute atomic E-state index is 12.5. The van der Waals surface area contributed by atoms with Crippen molar-refractivity contribution in [1.29, 1.82) is 0 Å². The summed E-state index contributed by atoms with van der Waals surface area (Å²) in [5, 5.41) is 9.20. The SMILES string of the molecule is COC1(C(=O)C(=O)N2CCCCC2C(=O)O)CCCCO1. The van der Waals surface area contributed by atoms with Crippen molar-refractivity contribution in [2.24, 2.45) is 0 Å². The first-order chi connectivity index (χ1) is 10.0. The van der Waals surface area contributed by atoms with E-state index in [0.717, 1.165) is 24.2 Å². The summed E-state index contributed by atoms with van der Waals surface area (Å²) in [7, 11) is 1.33. The van der Waals surface area contributed by atoms with Gasteiger partial charge in [-0.15, -0.1) is 0 Å². The molecule has 1 amide bonds. The number of amides is 1. The Morgan fingerprint density at radius 3 is 2.57 bits per heavy atom. The molecule has 0 radical (unpaired) electrons. The van der Waals surface area contributed by atoms with Crippen molar-refractivity contribution < 1.29 is 29.0 Å². The smallest absolute Gasteiger partial charge is 0.326 e. The predicted molar refractivity (Wildman–Crippen MR) is 71.5 cm³/mol. The zero-order chi connectivity index (χ0) is 15.5. The minimum Gasteiger partial charge on any atom is -0.480 e. The Hall–Kier alpha value is -1.47. The zero-order valence-corrected chi connectivity index (χ0v) is 12.2. The summed E-state index contributed by atoms with van der Waals surface area (Å²) in [5.74, 6) is -4.23. The van der Waals surface area contributed by atoms with Gasteiger partial charge in [0.1, 0.15) is 6.04 Å². The molecular weight excluding hydrogens is 278 g/mol. The second kappa shape index (κ2) is 6.53. The van der Waals surface area contributed by atoms with E-state index >= 15 is 0 Å². The van der Waals surface area contributed by atoms with E-state index in [-0.39, 0.29) is 6.54 Å². The van der Waals surface area contributed by atoms with Crippen LogP contribution < -0.4 is 0 Å². The Bertz CT molecular complexity index is 429. The Labute approximate surface area is 123 Å². The molecule has 2 atom stereocenters. The number of ketones is 1. The highest BCUT2D eigenvalue weighted by Crippen LogP contribution is 2.28. The molecule has 7 nitrogen and oxygen atoms in total. The molecule has 2 aliphatic rings. The number of carboxylic acids is 1. The second-order valence-electron chi connectivity index (χ2n) is 5.44. The van der Waals surface area contributed by atoms with Gasteiger partial charge >= 0.3 is 5.97 Å². The monoisotopic (exact) mass is 299 g/mol. The molecule has 0 aromatic rings. The lowest BCUT2D eigenvalue weighted by molar-refractivity contribution is -0.233. The van der Waals surface area contributed by atoms with Crippen LogP contribution in [0.3, 0.4) is 0 Å². The summed E-state index contributed by atoms with van der Waals surface area (Å²) in [6, 6.07) is -0.937. The summed E-state index contributed by atoms with van der Waals surface area (Å²) in [6.45, 7) is 0.635. The van der Waals surface area contributed by atoms with Crippen LogP contribution in [0, 0.1) is 0 Å². The molecule has 2 unspecified atom stereocenters. The van der Waals surface area contributed by atoms with Crippen LogP contribution in [-0.2, 0) is 23.9 Å². The fraction of sp³-hybridized carbons (Fsp3) is 0.786. The molecule has 1 N–H and O–H groups in total. The van der Waals surface area contributed by atoms with Gasteiger partial charge < -0.3 is 19.5 Å². The molecule has 0 aliphatic carbocycles. The molecule has 2 fully saturated rings. The molecule has 2 saturated heterocycles. The average molecular weight is 299 g/mol. The number of piperidine rings is 1. The number of ether oxygens (including phenoxy) is 2. The van der Waals surface area contributed by atoms with Gasteiger partial charge in [-0.3, -0.25) is 9.59 Å². The second-order valence-corrected chi connectivity index (χ2v) is 5.44. The van der Waals surface area contributed by atoms with Gasteiger partial charge in [0, 0.05) is 20.1 Å². The van der Waals surface area contributed by atoms with E-state index in [1.807, 2.05) is 0 Å². The molecule has 21 heavy (non-hydrogen) atoms. The van der Waals surface area contributed by atoms with Gasteiger partial charge in [0.2, 0.25) is 5.79 Å². The number of likely N-dealkylation sites (tertiary alicyclic amines) is 1. The largest absolute Gasteiger partial charge is 0.480 e. The van der Waals surface area contributed by atoms with E-state index < -0.39 is 29.5 Å². The maximum atomic E-state index is 12.5. The number of Topliss-reactive ketones (excluding diaryl/α,β-unsaturated/α-hetero) is 1. The van der Waals surface area contributed by atoms with Gasteiger partial charge in [-0.2, -0.15) is 0 Å². The molecule has 0 spiro atoms. The molecule has 2 aliphatic heterocycles. The predicted octanol–water partition coefficient (Wildman–Crippen LogP) is 0.564. The maximum Gasteiger partial charge on any atom is 0.326 e. The summed E-state index contributed by atoms with van der Waals surface area (Å²) >= 11 is 0. The highest BCUT2D eigenvalue weighted by molar-refractivity contribution is 6.39. The van der Waals surface area contributed by atoms with Crippen LogP contribution in [0.4, 0.5) is 0 Å². The molecule has 7 heteroatoms. The van der Waals surface area contributed by atoms with Crippen LogP contribution in [-0.4, -0.2) is 59.8 Å². The van der Waals surface area contributed by atoms with Gasteiger partial charge in [-0.25, -0.2) is 4.79 Å². The van der Waals surface area contributed by atoms with E-state index in [4.69, 9.17) is 9.47 Å². The normalized spacial score (nSPS) is 30.0.